The zero-order valence-corrected chi connectivity index (χ0v) is 12.6. The van der Waals surface area contributed by atoms with Gasteiger partial charge in [-0.1, -0.05) is 0 Å². The molecule has 0 aliphatic heterocycles. The summed E-state index contributed by atoms with van der Waals surface area (Å²) in [5.41, 5.74) is 5.32. The minimum atomic E-state index is -0.637. The maximum atomic E-state index is 11.8. The fraction of sp³-hybridized carbons (Fsp3) is 0.500. The Morgan fingerprint density at radius 2 is 2.05 bits per heavy atom. The standard InChI is InChI=1S/C12H16N4O3S/c1-6-14-11-9(20-6)8(10(13)18)15-16(11)5-7(17)19-12(2,3)4/h5H2,1-4H3,(H2,13,18). The molecule has 0 unspecified atom stereocenters. The van der Waals surface area contributed by atoms with Crippen LogP contribution < -0.4 is 5.73 Å². The van der Waals surface area contributed by atoms with E-state index in [4.69, 9.17) is 10.5 Å². The highest BCUT2D eigenvalue weighted by Gasteiger charge is 2.22. The van der Waals surface area contributed by atoms with E-state index in [-0.39, 0.29) is 12.2 Å². The number of thiazole rings is 1. The molecule has 0 aliphatic rings. The highest BCUT2D eigenvalue weighted by Crippen LogP contribution is 2.25. The van der Waals surface area contributed by atoms with Gasteiger partial charge in [0, 0.05) is 0 Å². The topological polar surface area (TPSA) is 100 Å². The maximum absolute atomic E-state index is 11.8. The van der Waals surface area contributed by atoms with Gasteiger partial charge < -0.3 is 10.5 Å². The predicted octanol–water partition coefficient (Wildman–Crippen LogP) is 1.24. The van der Waals surface area contributed by atoms with E-state index in [9.17, 15) is 9.59 Å². The number of fused-ring (bicyclic) bond motifs is 1. The molecule has 2 aromatic rings. The molecule has 0 saturated carbocycles. The van der Waals surface area contributed by atoms with Crippen LogP contribution in [0.25, 0.3) is 10.3 Å². The van der Waals surface area contributed by atoms with E-state index in [0.29, 0.717) is 10.3 Å². The number of hydrogen-bond donors (Lipinski definition) is 1. The lowest BCUT2D eigenvalue weighted by Gasteiger charge is -2.19. The number of primary amides is 1. The van der Waals surface area contributed by atoms with Crippen LogP contribution in [0.15, 0.2) is 0 Å². The Labute approximate surface area is 119 Å². The van der Waals surface area contributed by atoms with Crippen LogP contribution in [0.5, 0.6) is 0 Å². The second-order valence-electron chi connectivity index (χ2n) is 5.34. The molecule has 2 N–H and O–H groups in total. The third kappa shape index (κ3) is 2.96. The van der Waals surface area contributed by atoms with Crippen molar-refractivity contribution in [2.24, 2.45) is 5.73 Å². The Balaban J connectivity index is 2.35. The molecule has 0 bridgehead atoms. The fourth-order valence-corrected chi connectivity index (χ4v) is 2.63. The Kier molecular flexibility index (Phi) is 3.51. The summed E-state index contributed by atoms with van der Waals surface area (Å²) in [5, 5.41) is 4.82. The van der Waals surface area contributed by atoms with Gasteiger partial charge in [0.15, 0.2) is 11.3 Å². The van der Waals surface area contributed by atoms with Gasteiger partial charge in [-0.15, -0.1) is 11.3 Å². The number of nitrogens with zero attached hydrogens (tertiary/aromatic N) is 3. The normalized spacial score (nSPS) is 11.8. The summed E-state index contributed by atoms with van der Waals surface area (Å²) in [7, 11) is 0. The van der Waals surface area contributed by atoms with Crippen LogP contribution in [0, 0.1) is 6.92 Å². The molecule has 2 aromatic heterocycles. The molecule has 0 aromatic carbocycles. The summed E-state index contributed by atoms with van der Waals surface area (Å²) >= 11 is 1.32. The molecular weight excluding hydrogens is 280 g/mol. The number of ether oxygens (including phenoxy) is 1. The number of esters is 1. The third-order valence-electron chi connectivity index (χ3n) is 2.33. The van der Waals surface area contributed by atoms with E-state index in [1.807, 2.05) is 6.92 Å². The SMILES string of the molecule is Cc1nc2c(s1)c(C(N)=O)nn2CC(=O)OC(C)(C)C. The summed E-state index contributed by atoms with van der Waals surface area (Å²) in [5.74, 6) is -1.08. The lowest BCUT2D eigenvalue weighted by molar-refractivity contribution is -0.155. The van der Waals surface area contributed by atoms with E-state index >= 15 is 0 Å². The molecule has 108 valence electrons. The number of carbonyl (C=O) groups excluding carboxylic acids is 2. The van der Waals surface area contributed by atoms with Crippen LogP contribution in [0.2, 0.25) is 0 Å². The van der Waals surface area contributed by atoms with Gasteiger partial charge in [-0.05, 0) is 27.7 Å². The smallest absolute Gasteiger partial charge is 0.328 e. The number of amides is 1. The summed E-state index contributed by atoms with van der Waals surface area (Å²) in [4.78, 5) is 27.5. The average molecular weight is 296 g/mol. The van der Waals surface area contributed by atoms with Crippen molar-refractivity contribution in [3.63, 3.8) is 0 Å². The maximum Gasteiger partial charge on any atom is 0.328 e. The zero-order valence-electron chi connectivity index (χ0n) is 11.8. The molecule has 0 spiro atoms. The fourth-order valence-electron chi connectivity index (χ4n) is 1.73. The van der Waals surface area contributed by atoms with Crippen molar-refractivity contribution < 1.29 is 14.3 Å². The first-order chi connectivity index (χ1) is 9.17. The molecule has 2 rings (SSSR count). The van der Waals surface area contributed by atoms with Crippen LogP contribution in [0.1, 0.15) is 36.3 Å². The van der Waals surface area contributed by atoms with Crippen molar-refractivity contribution in [2.45, 2.75) is 39.8 Å². The van der Waals surface area contributed by atoms with Crippen molar-refractivity contribution in [3.8, 4) is 0 Å². The van der Waals surface area contributed by atoms with E-state index in [0.717, 1.165) is 5.01 Å². The first-order valence-corrected chi connectivity index (χ1v) is 6.84. The summed E-state index contributed by atoms with van der Waals surface area (Å²) in [6.07, 6.45) is 0. The molecule has 7 nitrogen and oxygen atoms in total. The predicted molar refractivity (Wildman–Crippen MR) is 74.5 cm³/mol. The number of aryl methyl sites for hydroxylation is 1. The zero-order chi connectivity index (χ0) is 15.1. The van der Waals surface area contributed by atoms with Crippen molar-refractivity contribution in [3.05, 3.63) is 10.7 Å². The van der Waals surface area contributed by atoms with Crippen molar-refractivity contribution in [1.29, 1.82) is 0 Å². The summed E-state index contributed by atoms with van der Waals surface area (Å²) < 4.78 is 7.18. The first kappa shape index (κ1) is 14.4. The van der Waals surface area contributed by atoms with Crippen LogP contribution in [0.4, 0.5) is 0 Å². The molecule has 8 heteroatoms. The third-order valence-corrected chi connectivity index (χ3v) is 3.30. The number of hydrogen-bond acceptors (Lipinski definition) is 6. The van der Waals surface area contributed by atoms with Crippen molar-refractivity contribution >= 4 is 33.6 Å². The molecule has 0 aliphatic carbocycles. The van der Waals surface area contributed by atoms with Crippen LogP contribution in [0.3, 0.4) is 0 Å². The Hall–Kier alpha value is -1.96. The van der Waals surface area contributed by atoms with Gasteiger partial charge in [-0.2, -0.15) is 5.10 Å². The number of rotatable bonds is 3. The Bertz CT molecular complexity index is 681. The minimum absolute atomic E-state index is 0.107. The average Bonchev–Trinajstić information content (AvgIpc) is 2.74. The molecule has 20 heavy (non-hydrogen) atoms. The highest BCUT2D eigenvalue weighted by molar-refractivity contribution is 7.18. The number of nitrogens with two attached hydrogens (primary N) is 1. The largest absolute Gasteiger partial charge is 0.459 e. The van der Waals surface area contributed by atoms with Gasteiger partial charge in [-0.25, -0.2) is 9.67 Å². The molecule has 0 fully saturated rings. The van der Waals surface area contributed by atoms with Gasteiger partial charge in [-0.3, -0.25) is 9.59 Å². The van der Waals surface area contributed by atoms with E-state index in [1.54, 1.807) is 20.8 Å². The lowest BCUT2D eigenvalue weighted by atomic mass is 10.2. The van der Waals surface area contributed by atoms with Gasteiger partial charge in [0.25, 0.3) is 5.91 Å². The summed E-state index contributed by atoms with van der Waals surface area (Å²) in [6, 6.07) is 0. The van der Waals surface area contributed by atoms with Gasteiger partial charge in [0.05, 0.1) is 5.01 Å². The summed E-state index contributed by atoms with van der Waals surface area (Å²) in [6.45, 7) is 7.06. The monoisotopic (exact) mass is 296 g/mol. The minimum Gasteiger partial charge on any atom is -0.459 e. The Morgan fingerprint density at radius 3 is 2.60 bits per heavy atom. The molecule has 1 amide bonds. The van der Waals surface area contributed by atoms with Crippen molar-refractivity contribution in [2.75, 3.05) is 0 Å². The second kappa shape index (κ2) is 4.86. The van der Waals surface area contributed by atoms with E-state index in [2.05, 4.69) is 10.1 Å². The molecular formula is C12H16N4O3S. The van der Waals surface area contributed by atoms with E-state index in [1.165, 1.54) is 16.0 Å². The van der Waals surface area contributed by atoms with Crippen LogP contribution in [-0.2, 0) is 16.1 Å². The van der Waals surface area contributed by atoms with Gasteiger partial charge in [0.1, 0.15) is 16.8 Å². The van der Waals surface area contributed by atoms with E-state index < -0.39 is 17.5 Å². The highest BCUT2D eigenvalue weighted by atomic mass is 32.1. The van der Waals surface area contributed by atoms with Crippen LogP contribution in [-0.4, -0.2) is 32.2 Å². The molecule has 0 radical (unpaired) electrons. The lowest BCUT2D eigenvalue weighted by Crippen LogP contribution is -2.27. The number of aromatic nitrogens is 3. The number of carbonyl (C=O) groups is 2. The van der Waals surface area contributed by atoms with Gasteiger partial charge in [0.2, 0.25) is 0 Å². The first-order valence-electron chi connectivity index (χ1n) is 6.03. The molecule has 0 saturated heterocycles. The Morgan fingerprint density at radius 1 is 1.40 bits per heavy atom. The van der Waals surface area contributed by atoms with Gasteiger partial charge >= 0.3 is 5.97 Å². The van der Waals surface area contributed by atoms with Crippen LogP contribution >= 0.6 is 11.3 Å². The second-order valence-corrected chi connectivity index (χ2v) is 6.55. The molecule has 2 heterocycles. The molecule has 0 atom stereocenters. The quantitative estimate of drug-likeness (QED) is 0.859. The van der Waals surface area contributed by atoms with Crippen molar-refractivity contribution in [1.82, 2.24) is 14.8 Å².